The maximum Gasteiger partial charge on any atom is 0.220 e. The van der Waals surface area contributed by atoms with Crippen molar-refractivity contribution >= 4 is 11.8 Å². The fourth-order valence-corrected chi connectivity index (χ4v) is 1.17. The number of carbonyl (C=O) groups is 2. The second-order valence-electron chi connectivity index (χ2n) is 3.63. The van der Waals surface area contributed by atoms with Gasteiger partial charge in [-0.3, -0.25) is 14.9 Å². The molecule has 0 aliphatic heterocycles. The van der Waals surface area contributed by atoms with Gasteiger partial charge in [0.2, 0.25) is 11.8 Å². The molecule has 0 aliphatic rings. The van der Waals surface area contributed by atoms with Crippen LogP contribution >= 0.6 is 0 Å². The van der Waals surface area contributed by atoms with Crippen molar-refractivity contribution in [3.05, 3.63) is 0 Å². The molecule has 0 heterocycles. The van der Waals surface area contributed by atoms with Crippen LogP contribution in [0.15, 0.2) is 0 Å². The molecule has 5 nitrogen and oxygen atoms in total. The molecule has 0 radical (unpaired) electrons. The van der Waals surface area contributed by atoms with Crippen LogP contribution in [0.2, 0.25) is 0 Å². The lowest BCUT2D eigenvalue weighted by Gasteiger charge is -2.07. The highest BCUT2D eigenvalue weighted by atomic mass is 16.2. The fraction of sp³-hybridized carbons (Fsp3) is 0.818. The number of carbonyl (C=O) groups excluding carboxylic acids is 2. The minimum atomic E-state index is 0.0602. The lowest BCUT2D eigenvalue weighted by atomic mass is 10.3. The maximum atomic E-state index is 11.1. The van der Waals surface area contributed by atoms with Crippen LogP contribution in [-0.2, 0) is 9.59 Å². The van der Waals surface area contributed by atoms with Crippen molar-refractivity contribution in [2.45, 2.75) is 39.5 Å². The monoisotopic (exact) mass is 229 g/mol. The number of rotatable bonds is 9. The van der Waals surface area contributed by atoms with Crippen LogP contribution in [0.3, 0.4) is 0 Å². The molecule has 0 aromatic rings. The lowest BCUT2D eigenvalue weighted by Crippen LogP contribution is -2.38. The van der Waals surface area contributed by atoms with Gasteiger partial charge < -0.3 is 10.6 Å². The molecule has 0 saturated carbocycles. The molecular formula is C11H23N3O2. The van der Waals surface area contributed by atoms with E-state index in [1.54, 1.807) is 0 Å². The van der Waals surface area contributed by atoms with Gasteiger partial charge in [0.05, 0.1) is 6.67 Å². The topological polar surface area (TPSA) is 70.2 Å². The van der Waals surface area contributed by atoms with Gasteiger partial charge in [0.15, 0.2) is 0 Å². The smallest absolute Gasteiger partial charge is 0.220 e. The summed E-state index contributed by atoms with van der Waals surface area (Å²) in [7, 11) is 0. The molecular weight excluding hydrogens is 206 g/mol. The molecule has 94 valence electrons. The third-order valence-electron chi connectivity index (χ3n) is 1.99. The second-order valence-corrected chi connectivity index (χ2v) is 3.63. The van der Waals surface area contributed by atoms with Gasteiger partial charge in [0.1, 0.15) is 0 Å². The van der Waals surface area contributed by atoms with Gasteiger partial charge in [0.25, 0.3) is 0 Å². The summed E-state index contributed by atoms with van der Waals surface area (Å²) in [4.78, 5) is 22.1. The molecule has 0 aromatic heterocycles. The molecule has 16 heavy (non-hydrogen) atoms. The first kappa shape index (κ1) is 14.9. The first-order valence-corrected chi connectivity index (χ1v) is 5.94. The van der Waals surface area contributed by atoms with Gasteiger partial charge in [-0.05, 0) is 12.8 Å². The van der Waals surface area contributed by atoms with Crippen molar-refractivity contribution < 1.29 is 9.59 Å². The SMILES string of the molecule is CCCC(=O)NCCNCNC(=O)CCC. The Balaban J connectivity index is 3.21. The quantitative estimate of drug-likeness (QED) is 0.395. The average molecular weight is 229 g/mol. The van der Waals surface area contributed by atoms with Crippen molar-refractivity contribution in [2.75, 3.05) is 19.8 Å². The van der Waals surface area contributed by atoms with Crippen molar-refractivity contribution in [1.82, 2.24) is 16.0 Å². The standard InChI is InChI=1S/C11H23N3O2/c1-3-5-10(15)13-8-7-12-9-14-11(16)6-4-2/h12H,3-9H2,1-2H3,(H,13,15)(H,14,16). The lowest BCUT2D eigenvalue weighted by molar-refractivity contribution is -0.122. The molecule has 0 aliphatic carbocycles. The highest BCUT2D eigenvalue weighted by molar-refractivity contribution is 5.76. The zero-order valence-corrected chi connectivity index (χ0v) is 10.3. The fourth-order valence-electron chi connectivity index (χ4n) is 1.17. The van der Waals surface area contributed by atoms with E-state index >= 15 is 0 Å². The Kier molecular flexibility index (Phi) is 9.70. The van der Waals surface area contributed by atoms with E-state index in [-0.39, 0.29) is 11.8 Å². The second kappa shape index (κ2) is 10.4. The summed E-state index contributed by atoms with van der Waals surface area (Å²) >= 11 is 0. The first-order chi connectivity index (χ1) is 7.70. The van der Waals surface area contributed by atoms with E-state index in [2.05, 4.69) is 16.0 Å². The summed E-state index contributed by atoms with van der Waals surface area (Å²) < 4.78 is 0. The van der Waals surface area contributed by atoms with Gasteiger partial charge in [-0.25, -0.2) is 0 Å². The molecule has 2 amide bonds. The van der Waals surface area contributed by atoms with Crippen LogP contribution in [0.5, 0.6) is 0 Å². The molecule has 0 rings (SSSR count). The number of hydrogen-bond acceptors (Lipinski definition) is 3. The largest absolute Gasteiger partial charge is 0.355 e. The predicted molar refractivity (Wildman–Crippen MR) is 63.8 cm³/mol. The van der Waals surface area contributed by atoms with Gasteiger partial charge in [-0.1, -0.05) is 13.8 Å². The number of amides is 2. The summed E-state index contributed by atoms with van der Waals surface area (Å²) in [5.41, 5.74) is 0. The summed E-state index contributed by atoms with van der Waals surface area (Å²) in [5, 5.41) is 8.54. The molecule has 0 atom stereocenters. The van der Waals surface area contributed by atoms with Crippen molar-refractivity contribution in [1.29, 1.82) is 0 Å². The Morgan fingerprint density at radius 1 is 0.875 bits per heavy atom. The first-order valence-electron chi connectivity index (χ1n) is 5.94. The summed E-state index contributed by atoms with van der Waals surface area (Å²) in [5.74, 6) is 0.143. The van der Waals surface area contributed by atoms with Crippen LogP contribution < -0.4 is 16.0 Å². The van der Waals surface area contributed by atoms with Gasteiger partial charge >= 0.3 is 0 Å². The Morgan fingerprint density at radius 3 is 2.00 bits per heavy atom. The third kappa shape index (κ3) is 9.45. The Hall–Kier alpha value is -1.10. The van der Waals surface area contributed by atoms with E-state index in [0.29, 0.717) is 32.6 Å². The van der Waals surface area contributed by atoms with Crippen molar-refractivity contribution in [3.8, 4) is 0 Å². The predicted octanol–water partition coefficient (Wildman–Crippen LogP) is 0.366. The molecule has 0 unspecified atom stereocenters. The number of nitrogens with one attached hydrogen (secondary N) is 3. The van der Waals surface area contributed by atoms with Crippen LogP contribution in [0, 0.1) is 0 Å². The van der Waals surface area contributed by atoms with E-state index in [0.717, 1.165) is 12.8 Å². The maximum absolute atomic E-state index is 11.1. The van der Waals surface area contributed by atoms with E-state index in [4.69, 9.17) is 0 Å². The highest BCUT2D eigenvalue weighted by Gasteiger charge is 1.98. The van der Waals surface area contributed by atoms with E-state index in [1.165, 1.54) is 0 Å². The Bertz CT molecular complexity index is 185. The summed E-state index contributed by atoms with van der Waals surface area (Å²) in [6, 6.07) is 0. The zero-order valence-electron chi connectivity index (χ0n) is 10.3. The Morgan fingerprint density at radius 2 is 1.44 bits per heavy atom. The minimum absolute atomic E-state index is 0.0602. The zero-order chi connectivity index (χ0) is 12.2. The van der Waals surface area contributed by atoms with E-state index in [1.807, 2.05) is 13.8 Å². The summed E-state index contributed by atoms with van der Waals surface area (Å²) in [6.45, 7) is 5.67. The van der Waals surface area contributed by atoms with E-state index in [9.17, 15) is 9.59 Å². The van der Waals surface area contributed by atoms with Crippen LogP contribution in [0.4, 0.5) is 0 Å². The molecule has 0 bridgehead atoms. The highest BCUT2D eigenvalue weighted by Crippen LogP contribution is 1.84. The molecule has 0 fully saturated rings. The van der Waals surface area contributed by atoms with Crippen LogP contribution in [-0.4, -0.2) is 31.6 Å². The van der Waals surface area contributed by atoms with Crippen molar-refractivity contribution in [3.63, 3.8) is 0 Å². The normalized spacial score (nSPS) is 9.88. The van der Waals surface area contributed by atoms with Crippen molar-refractivity contribution in [2.24, 2.45) is 0 Å². The number of hydrogen-bond donors (Lipinski definition) is 3. The third-order valence-corrected chi connectivity index (χ3v) is 1.99. The molecule has 0 saturated heterocycles. The molecule has 5 heteroatoms. The van der Waals surface area contributed by atoms with E-state index < -0.39 is 0 Å². The molecule has 0 aromatic carbocycles. The van der Waals surface area contributed by atoms with Gasteiger partial charge in [0, 0.05) is 25.9 Å². The summed E-state index contributed by atoms with van der Waals surface area (Å²) in [6.07, 6.45) is 2.87. The van der Waals surface area contributed by atoms with Crippen LogP contribution in [0.25, 0.3) is 0 Å². The Labute approximate surface area is 97.4 Å². The van der Waals surface area contributed by atoms with Crippen LogP contribution in [0.1, 0.15) is 39.5 Å². The average Bonchev–Trinajstić information content (AvgIpc) is 2.24. The molecule has 3 N–H and O–H groups in total. The van der Waals surface area contributed by atoms with Gasteiger partial charge in [-0.15, -0.1) is 0 Å². The van der Waals surface area contributed by atoms with Gasteiger partial charge in [-0.2, -0.15) is 0 Å². The molecule has 0 spiro atoms. The minimum Gasteiger partial charge on any atom is -0.355 e.